The summed E-state index contributed by atoms with van der Waals surface area (Å²) in [6.45, 7) is 4.11. The van der Waals surface area contributed by atoms with Crippen LogP contribution in [0.15, 0.2) is 58.5 Å². The third-order valence-electron chi connectivity index (χ3n) is 5.00. The average Bonchev–Trinajstić information content (AvgIpc) is 2.85. The molecule has 0 aromatic heterocycles. The lowest BCUT2D eigenvalue weighted by Gasteiger charge is -2.39. The molecular formula is C20H19FN3O3P. The van der Waals surface area contributed by atoms with Crippen molar-refractivity contribution in [2.45, 2.75) is 12.6 Å². The molecule has 6 nitrogen and oxygen atoms in total. The SMILES string of the molecule is CC1(N2CCOCC2)N=C(c2ccccc2F)c2ccccc2N=C1OP=O. The van der Waals surface area contributed by atoms with Crippen LogP contribution >= 0.6 is 8.69 Å². The van der Waals surface area contributed by atoms with Crippen molar-refractivity contribution in [1.29, 1.82) is 0 Å². The third kappa shape index (κ3) is 3.37. The second-order valence-electron chi connectivity index (χ2n) is 6.66. The molecule has 0 bridgehead atoms. The Kier molecular flexibility index (Phi) is 5.31. The van der Waals surface area contributed by atoms with Gasteiger partial charge in [-0.3, -0.25) is 9.89 Å². The topological polar surface area (TPSA) is 63.5 Å². The highest BCUT2D eigenvalue weighted by molar-refractivity contribution is 7.18. The molecule has 1 unspecified atom stereocenters. The van der Waals surface area contributed by atoms with E-state index in [0.29, 0.717) is 48.8 Å². The molecule has 2 aliphatic rings. The van der Waals surface area contributed by atoms with Gasteiger partial charge in [-0.25, -0.2) is 13.9 Å². The van der Waals surface area contributed by atoms with Gasteiger partial charge in [-0.15, -0.1) is 0 Å². The summed E-state index contributed by atoms with van der Waals surface area (Å²) < 4.78 is 36.9. The summed E-state index contributed by atoms with van der Waals surface area (Å²) in [5.41, 5.74) is 1.07. The van der Waals surface area contributed by atoms with Gasteiger partial charge in [0.05, 0.1) is 24.6 Å². The Morgan fingerprint density at radius 3 is 2.50 bits per heavy atom. The Hall–Kier alpha value is -2.47. The standard InChI is InChI=1S/C20H19FN3O3P/c1-20(24-10-12-26-13-11-24)19(27-28-25)22-17-9-5-3-7-15(17)18(23-20)14-6-2-4-8-16(14)21/h2-9H,10-13H2,1H3. The predicted octanol–water partition coefficient (Wildman–Crippen LogP) is 3.98. The van der Waals surface area contributed by atoms with E-state index in [1.54, 1.807) is 18.2 Å². The van der Waals surface area contributed by atoms with Crippen LogP contribution in [0.1, 0.15) is 18.1 Å². The number of morpholine rings is 1. The van der Waals surface area contributed by atoms with Crippen LogP contribution in [0.2, 0.25) is 0 Å². The number of hydrogen-bond acceptors (Lipinski definition) is 6. The van der Waals surface area contributed by atoms with E-state index in [2.05, 4.69) is 4.99 Å². The van der Waals surface area contributed by atoms with Crippen molar-refractivity contribution < 1.29 is 18.2 Å². The number of halogens is 1. The van der Waals surface area contributed by atoms with Gasteiger partial charge >= 0.3 is 8.69 Å². The van der Waals surface area contributed by atoms with Crippen LogP contribution in [0.5, 0.6) is 0 Å². The molecule has 0 N–H and O–H groups in total. The highest BCUT2D eigenvalue weighted by Gasteiger charge is 2.42. The minimum absolute atomic E-state index is 0.199. The van der Waals surface area contributed by atoms with Crippen LogP contribution in [0.25, 0.3) is 0 Å². The van der Waals surface area contributed by atoms with Gasteiger partial charge in [0.2, 0.25) is 5.90 Å². The molecule has 2 aromatic carbocycles. The maximum atomic E-state index is 14.7. The first-order chi connectivity index (χ1) is 13.6. The van der Waals surface area contributed by atoms with E-state index in [-0.39, 0.29) is 11.7 Å². The molecule has 0 saturated carbocycles. The van der Waals surface area contributed by atoms with Crippen molar-refractivity contribution in [3.63, 3.8) is 0 Å². The zero-order valence-electron chi connectivity index (χ0n) is 15.3. The lowest BCUT2D eigenvalue weighted by atomic mass is 9.99. The van der Waals surface area contributed by atoms with Gasteiger partial charge in [0, 0.05) is 24.2 Å². The summed E-state index contributed by atoms with van der Waals surface area (Å²) in [4.78, 5) is 11.6. The molecule has 2 aromatic rings. The Balaban J connectivity index is 1.97. The molecule has 2 aliphatic heterocycles. The van der Waals surface area contributed by atoms with Crippen LogP contribution in [0.4, 0.5) is 10.1 Å². The minimum Gasteiger partial charge on any atom is -0.388 e. The van der Waals surface area contributed by atoms with Gasteiger partial charge in [-0.05, 0) is 25.1 Å². The van der Waals surface area contributed by atoms with Crippen molar-refractivity contribution in [2.75, 3.05) is 26.3 Å². The lowest BCUT2D eigenvalue weighted by Crippen LogP contribution is -2.55. The predicted molar refractivity (Wildman–Crippen MR) is 105 cm³/mol. The molecule has 8 heteroatoms. The molecule has 2 heterocycles. The van der Waals surface area contributed by atoms with E-state index in [4.69, 9.17) is 14.3 Å². The Labute approximate surface area is 164 Å². The number of ether oxygens (including phenoxy) is 1. The number of nitrogens with zero attached hydrogens (tertiary/aromatic N) is 3. The normalized spacial score (nSPS) is 22.8. The molecule has 0 spiro atoms. The second-order valence-corrected chi connectivity index (χ2v) is 6.99. The second kappa shape index (κ2) is 7.87. The summed E-state index contributed by atoms with van der Waals surface area (Å²) in [6.07, 6.45) is 0. The molecule has 28 heavy (non-hydrogen) atoms. The molecular weight excluding hydrogens is 380 g/mol. The van der Waals surface area contributed by atoms with Crippen molar-refractivity contribution in [1.82, 2.24) is 4.90 Å². The summed E-state index contributed by atoms with van der Waals surface area (Å²) in [5, 5.41) is 0. The molecule has 0 aliphatic carbocycles. The van der Waals surface area contributed by atoms with E-state index < -0.39 is 14.3 Å². The molecule has 4 rings (SSSR count). The largest absolute Gasteiger partial charge is 0.397 e. The molecule has 1 fully saturated rings. The average molecular weight is 399 g/mol. The number of benzene rings is 2. The van der Waals surface area contributed by atoms with Crippen molar-refractivity contribution >= 4 is 26.0 Å². The van der Waals surface area contributed by atoms with Crippen molar-refractivity contribution in [3.05, 3.63) is 65.5 Å². The fourth-order valence-electron chi connectivity index (χ4n) is 3.52. The Bertz CT molecular complexity index is 959. The first kappa shape index (κ1) is 18.9. The maximum absolute atomic E-state index is 14.7. The highest BCUT2D eigenvalue weighted by Crippen LogP contribution is 2.34. The molecule has 0 amide bonds. The fraction of sp³-hybridized carbons (Fsp3) is 0.300. The molecule has 1 saturated heterocycles. The smallest absolute Gasteiger partial charge is 0.388 e. The number of fused-ring (bicyclic) bond motifs is 1. The first-order valence-corrected chi connectivity index (χ1v) is 9.72. The van der Waals surface area contributed by atoms with E-state index in [1.807, 2.05) is 36.1 Å². The number of para-hydroxylation sites is 1. The van der Waals surface area contributed by atoms with Crippen molar-refractivity contribution in [2.24, 2.45) is 9.98 Å². The minimum atomic E-state index is -1.06. The van der Waals surface area contributed by atoms with Gasteiger partial charge < -0.3 is 9.26 Å². The summed E-state index contributed by atoms with van der Waals surface area (Å²) in [5.74, 6) is -0.170. The fourth-order valence-corrected chi connectivity index (χ4v) is 3.80. The van der Waals surface area contributed by atoms with Crippen LogP contribution < -0.4 is 0 Å². The number of hydrogen-bond donors (Lipinski definition) is 0. The van der Waals surface area contributed by atoms with E-state index in [0.717, 1.165) is 0 Å². The molecule has 1 atom stereocenters. The van der Waals surface area contributed by atoms with E-state index in [1.165, 1.54) is 6.07 Å². The summed E-state index contributed by atoms with van der Waals surface area (Å²) in [6, 6.07) is 13.9. The van der Waals surface area contributed by atoms with Crippen molar-refractivity contribution in [3.8, 4) is 0 Å². The van der Waals surface area contributed by atoms with Crippen LogP contribution in [-0.2, 0) is 13.8 Å². The Morgan fingerprint density at radius 2 is 1.79 bits per heavy atom. The zero-order chi connectivity index (χ0) is 19.6. The van der Waals surface area contributed by atoms with Crippen LogP contribution in [0, 0.1) is 5.82 Å². The number of aliphatic imine (C=N–C) groups is 2. The highest BCUT2D eigenvalue weighted by atomic mass is 31.1. The van der Waals surface area contributed by atoms with E-state index >= 15 is 0 Å². The zero-order valence-corrected chi connectivity index (χ0v) is 16.2. The Morgan fingerprint density at radius 1 is 1.11 bits per heavy atom. The van der Waals surface area contributed by atoms with Gasteiger partial charge in [-0.2, -0.15) is 0 Å². The van der Waals surface area contributed by atoms with Crippen LogP contribution in [-0.4, -0.2) is 48.5 Å². The molecule has 144 valence electrons. The van der Waals surface area contributed by atoms with Gasteiger partial charge in [-0.1, -0.05) is 30.3 Å². The monoisotopic (exact) mass is 399 g/mol. The first-order valence-electron chi connectivity index (χ1n) is 8.99. The van der Waals surface area contributed by atoms with Gasteiger partial charge in [0.15, 0.2) is 5.66 Å². The van der Waals surface area contributed by atoms with Gasteiger partial charge in [0.1, 0.15) is 5.82 Å². The van der Waals surface area contributed by atoms with E-state index in [9.17, 15) is 8.96 Å². The molecule has 0 radical (unpaired) electrons. The third-order valence-corrected chi connectivity index (χ3v) is 5.24. The summed E-state index contributed by atoms with van der Waals surface area (Å²) in [7, 11) is -0.523. The van der Waals surface area contributed by atoms with Gasteiger partial charge in [0.25, 0.3) is 0 Å². The maximum Gasteiger partial charge on any atom is 0.397 e. The number of rotatable bonds is 3. The lowest BCUT2D eigenvalue weighted by molar-refractivity contribution is 0.00435. The van der Waals surface area contributed by atoms with Crippen LogP contribution in [0.3, 0.4) is 0 Å². The summed E-state index contributed by atoms with van der Waals surface area (Å²) >= 11 is 0. The quantitative estimate of drug-likeness (QED) is 0.733.